The maximum Gasteiger partial charge on any atom is 0.106 e. The van der Waals surface area contributed by atoms with E-state index in [1.165, 1.54) is 0 Å². The molecule has 12 heavy (non-hydrogen) atoms. The number of hydrogen-bond donors (Lipinski definition) is 0. The second-order valence-corrected chi connectivity index (χ2v) is 4.26. The molecule has 68 valence electrons. The summed E-state index contributed by atoms with van der Waals surface area (Å²) in [5.41, 5.74) is 0. The molecule has 0 fully saturated rings. The van der Waals surface area contributed by atoms with Crippen molar-refractivity contribution in [3.63, 3.8) is 0 Å². The van der Waals surface area contributed by atoms with Gasteiger partial charge in [0.1, 0.15) is 5.03 Å². The molecule has 0 aliphatic rings. The zero-order chi connectivity index (χ0) is 9.23. The van der Waals surface area contributed by atoms with Gasteiger partial charge < -0.3 is 0 Å². The molecule has 0 atom stereocenters. The number of hydrogen-bond acceptors (Lipinski definition) is 3. The molecule has 0 bridgehead atoms. The molecule has 1 rings (SSSR count). The smallest absolute Gasteiger partial charge is 0.106 e. The SMILES string of the molecule is CC.CCSSc1ccccn1. The minimum Gasteiger partial charge on any atom is -0.249 e. The Labute approximate surface area is 82.8 Å². The van der Waals surface area contributed by atoms with Crippen molar-refractivity contribution in [3.05, 3.63) is 24.4 Å². The summed E-state index contributed by atoms with van der Waals surface area (Å²) in [6.07, 6.45) is 1.82. The van der Waals surface area contributed by atoms with Crippen LogP contribution in [0.15, 0.2) is 29.4 Å². The van der Waals surface area contributed by atoms with Gasteiger partial charge in [-0.25, -0.2) is 4.98 Å². The molecular weight excluding hydrogens is 186 g/mol. The quantitative estimate of drug-likeness (QED) is 0.689. The fraction of sp³-hybridized carbons (Fsp3) is 0.444. The maximum absolute atomic E-state index is 4.16. The minimum absolute atomic E-state index is 1.09. The molecule has 0 N–H and O–H groups in total. The molecule has 1 aromatic rings. The number of rotatable bonds is 3. The van der Waals surface area contributed by atoms with Crippen LogP contribution < -0.4 is 0 Å². The fourth-order valence-electron chi connectivity index (χ4n) is 0.516. The topological polar surface area (TPSA) is 12.9 Å². The predicted molar refractivity (Wildman–Crippen MR) is 59.6 cm³/mol. The van der Waals surface area contributed by atoms with E-state index < -0.39 is 0 Å². The molecule has 3 heteroatoms. The normalized spacial score (nSPS) is 8.58. The van der Waals surface area contributed by atoms with E-state index in [9.17, 15) is 0 Å². The van der Waals surface area contributed by atoms with Crippen LogP contribution in [0, 0.1) is 0 Å². The van der Waals surface area contributed by atoms with Gasteiger partial charge >= 0.3 is 0 Å². The first kappa shape index (κ1) is 11.8. The van der Waals surface area contributed by atoms with Crippen LogP contribution >= 0.6 is 21.6 Å². The molecular formula is C9H15NS2. The lowest BCUT2D eigenvalue weighted by Gasteiger charge is -1.94. The third-order valence-corrected chi connectivity index (χ3v) is 3.24. The van der Waals surface area contributed by atoms with Crippen molar-refractivity contribution >= 4 is 21.6 Å². The molecule has 0 aromatic carbocycles. The van der Waals surface area contributed by atoms with E-state index in [0.29, 0.717) is 0 Å². The monoisotopic (exact) mass is 201 g/mol. The molecule has 1 aromatic heterocycles. The summed E-state index contributed by atoms with van der Waals surface area (Å²) in [5, 5.41) is 1.09. The van der Waals surface area contributed by atoms with Crippen molar-refractivity contribution in [2.45, 2.75) is 25.8 Å². The van der Waals surface area contributed by atoms with Gasteiger partial charge in [-0.1, -0.05) is 37.6 Å². The Kier molecular flexibility index (Phi) is 8.83. The Morgan fingerprint density at radius 2 is 2.08 bits per heavy atom. The van der Waals surface area contributed by atoms with Crippen molar-refractivity contribution in [1.29, 1.82) is 0 Å². The zero-order valence-corrected chi connectivity index (χ0v) is 9.41. The molecule has 0 aliphatic heterocycles. The lowest BCUT2D eigenvalue weighted by atomic mass is 10.5. The van der Waals surface area contributed by atoms with Crippen LogP contribution in [-0.4, -0.2) is 10.7 Å². The molecule has 0 saturated carbocycles. The molecule has 0 spiro atoms. The van der Waals surface area contributed by atoms with Gasteiger partial charge in [-0.15, -0.1) is 0 Å². The predicted octanol–water partition coefficient (Wildman–Crippen LogP) is 3.87. The van der Waals surface area contributed by atoms with Gasteiger partial charge in [-0.2, -0.15) is 0 Å². The second-order valence-electron chi connectivity index (χ2n) is 1.66. The minimum atomic E-state index is 1.09. The summed E-state index contributed by atoms with van der Waals surface area (Å²) in [5.74, 6) is 1.13. The van der Waals surface area contributed by atoms with Crippen LogP contribution in [0.5, 0.6) is 0 Å². The number of aromatic nitrogens is 1. The van der Waals surface area contributed by atoms with Crippen molar-refractivity contribution in [2.24, 2.45) is 0 Å². The Morgan fingerprint density at radius 3 is 2.58 bits per heavy atom. The number of pyridine rings is 1. The zero-order valence-electron chi connectivity index (χ0n) is 7.78. The Balaban J connectivity index is 0.000000561. The van der Waals surface area contributed by atoms with E-state index in [4.69, 9.17) is 0 Å². The first-order chi connectivity index (χ1) is 5.93. The molecule has 0 radical (unpaired) electrons. The van der Waals surface area contributed by atoms with Gasteiger partial charge in [0.15, 0.2) is 0 Å². The standard InChI is InChI=1S/C7H9NS2.C2H6/c1-2-9-10-7-5-3-4-6-8-7;1-2/h3-6H,2H2,1H3;1-2H3. The van der Waals surface area contributed by atoms with Crippen LogP contribution in [-0.2, 0) is 0 Å². The van der Waals surface area contributed by atoms with Crippen LogP contribution in [0.1, 0.15) is 20.8 Å². The summed E-state index contributed by atoms with van der Waals surface area (Å²) in [7, 11) is 3.54. The first-order valence-electron chi connectivity index (χ1n) is 4.14. The summed E-state index contributed by atoms with van der Waals surface area (Å²) in [6, 6.07) is 5.96. The molecule has 0 amide bonds. The summed E-state index contributed by atoms with van der Waals surface area (Å²) < 4.78 is 0. The van der Waals surface area contributed by atoms with Gasteiger partial charge in [0, 0.05) is 11.9 Å². The van der Waals surface area contributed by atoms with E-state index in [0.717, 1.165) is 10.8 Å². The highest BCUT2D eigenvalue weighted by atomic mass is 33.1. The Bertz CT molecular complexity index is 177. The average molecular weight is 201 g/mol. The highest BCUT2D eigenvalue weighted by Gasteiger charge is 1.90. The molecule has 0 unspecified atom stereocenters. The van der Waals surface area contributed by atoms with E-state index in [-0.39, 0.29) is 0 Å². The van der Waals surface area contributed by atoms with Gasteiger partial charge in [0.25, 0.3) is 0 Å². The third-order valence-electron chi connectivity index (χ3n) is 0.900. The van der Waals surface area contributed by atoms with E-state index in [2.05, 4.69) is 11.9 Å². The van der Waals surface area contributed by atoms with E-state index in [1.54, 1.807) is 10.8 Å². The number of nitrogens with zero attached hydrogens (tertiary/aromatic N) is 1. The molecule has 1 nitrogen and oxygen atoms in total. The van der Waals surface area contributed by atoms with Gasteiger partial charge in [-0.3, -0.25) is 0 Å². The summed E-state index contributed by atoms with van der Waals surface area (Å²) in [6.45, 7) is 6.14. The van der Waals surface area contributed by atoms with E-state index in [1.807, 2.05) is 49.0 Å². The van der Waals surface area contributed by atoms with Crippen molar-refractivity contribution < 1.29 is 0 Å². The van der Waals surface area contributed by atoms with Crippen molar-refractivity contribution in [1.82, 2.24) is 4.98 Å². The van der Waals surface area contributed by atoms with Crippen LogP contribution in [0.2, 0.25) is 0 Å². The van der Waals surface area contributed by atoms with Crippen LogP contribution in [0.3, 0.4) is 0 Å². The van der Waals surface area contributed by atoms with E-state index >= 15 is 0 Å². The van der Waals surface area contributed by atoms with Crippen molar-refractivity contribution in [3.8, 4) is 0 Å². The molecule has 0 aliphatic carbocycles. The third kappa shape index (κ3) is 5.49. The Morgan fingerprint density at radius 1 is 1.33 bits per heavy atom. The van der Waals surface area contributed by atoms with Crippen molar-refractivity contribution in [2.75, 3.05) is 5.75 Å². The summed E-state index contributed by atoms with van der Waals surface area (Å²) in [4.78, 5) is 4.16. The lowest BCUT2D eigenvalue weighted by molar-refractivity contribution is 1.14. The van der Waals surface area contributed by atoms with Gasteiger partial charge in [0.05, 0.1) is 0 Å². The highest BCUT2D eigenvalue weighted by molar-refractivity contribution is 8.76. The van der Waals surface area contributed by atoms with Crippen LogP contribution in [0.4, 0.5) is 0 Å². The largest absolute Gasteiger partial charge is 0.249 e. The second kappa shape index (κ2) is 8.94. The molecule has 1 heterocycles. The highest BCUT2D eigenvalue weighted by Crippen LogP contribution is 2.27. The fourth-order valence-corrected chi connectivity index (χ4v) is 2.00. The first-order valence-corrected chi connectivity index (χ1v) is 6.46. The Hall–Kier alpha value is -0.150. The molecule has 0 saturated heterocycles. The maximum atomic E-state index is 4.16. The van der Waals surface area contributed by atoms with Gasteiger partial charge in [-0.05, 0) is 22.9 Å². The van der Waals surface area contributed by atoms with Crippen LogP contribution in [0.25, 0.3) is 0 Å². The lowest BCUT2D eigenvalue weighted by Crippen LogP contribution is -1.72. The van der Waals surface area contributed by atoms with Gasteiger partial charge in [0.2, 0.25) is 0 Å². The summed E-state index contributed by atoms with van der Waals surface area (Å²) >= 11 is 0. The average Bonchev–Trinajstić information content (AvgIpc) is 2.19.